The van der Waals surface area contributed by atoms with Gasteiger partial charge in [0.25, 0.3) is 5.56 Å². The van der Waals surface area contributed by atoms with Gasteiger partial charge in [0, 0.05) is 36.6 Å². The second kappa shape index (κ2) is 12.1. The molecule has 5 rings (SSSR count). The van der Waals surface area contributed by atoms with Crippen LogP contribution in [0.3, 0.4) is 0 Å². The standard InChI is InChI=1S/C31H38BrN7O4/c1-18(32)14-15-38-25-27(36-26(38)20-10-9-11-21(16-20)34-29(41)43-31(3,4)5)37(6)30(42)39(28(25)40)17-24-33-19(2)22-12-7-8-13-23(22)35-24/h7-8,12-14,20-21H,9-11,15-17H2,1-6H3,(H,34,41)/b18-14+/t20?,21-/m1/s1. The Morgan fingerprint density at radius 3 is 2.60 bits per heavy atom. The maximum atomic E-state index is 14.1. The largest absolute Gasteiger partial charge is 0.444 e. The molecule has 1 amide bonds. The van der Waals surface area contributed by atoms with Gasteiger partial charge in [-0.2, -0.15) is 0 Å². The number of imidazole rings is 1. The number of nitrogens with one attached hydrogen (secondary N) is 1. The summed E-state index contributed by atoms with van der Waals surface area (Å²) in [6.07, 6.45) is 4.72. The lowest BCUT2D eigenvalue weighted by atomic mass is 9.85. The van der Waals surface area contributed by atoms with Crippen LogP contribution in [-0.4, -0.2) is 46.4 Å². The summed E-state index contributed by atoms with van der Waals surface area (Å²) in [5, 5.41) is 3.94. The number of aromatic nitrogens is 6. The van der Waals surface area contributed by atoms with Gasteiger partial charge in [-0.05, 0) is 64.4 Å². The van der Waals surface area contributed by atoms with Crippen molar-refractivity contribution in [2.45, 2.75) is 91.0 Å². The van der Waals surface area contributed by atoms with Crippen molar-refractivity contribution in [1.82, 2.24) is 34.0 Å². The molecule has 0 aliphatic heterocycles. The van der Waals surface area contributed by atoms with Crippen molar-refractivity contribution in [1.29, 1.82) is 0 Å². The van der Waals surface area contributed by atoms with Gasteiger partial charge in [-0.15, -0.1) is 0 Å². The van der Waals surface area contributed by atoms with Gasteiger partial charge in [-0.3, -0.25) is 13.9 Å². The number of hydrogen-bond acceptors (Lipinski definition) is 7. The van der Waals surface area contributed by atoms with E-state index >= 15 is 0 Å². The number of amides is 1. The Balaban J connectivity index is 1.57. The average molecular weight is 653 g/mol. The number of hydrogen-bond donors (Lipinski definition) is 1. The van der Waals surface area contributed by atoms with Crippen LogP contribution in [0.1, 0.15) is 76.6 Å². The number of rotatable bonds is 6. The molecule has 1 unspecified atom stereocenters. The highest BCUT2D eigenvalue weighted by Gasteiger charge is 2.31. The van der Waals surface area contributed by atoms with Gasteiger partial charge in [0.15, 0.2) is 11.2 Å². The minimum atomic E-state index is -0.590. The zero-order chi connectivity index (χ0) is 31.1. The Kier molecular flexibility index (Phi) is 8.60. The van der Waals surface area contributed by atoms with Gasteiger partial charge >= 0.3 is 11.8 Å². The van der Waals surface area contributed by atoms with Crippen LogP contribution in [0.15, 0.2) is 44.4 Å². The Hall–Kier alpha value is -3.80. The van der Waals surface area contributed by atoms with E-state index in [4.69, 9.17) is 9.72 Å². The van der Waals surface area contributed by atoms with E-state index in [1.54, 1.807) is 7.05 Å². The molecule has 1 fully saturated rings. The maximum Gasteiger partial charge on any atom is 0.407 e. The van der Waals surface area contributed by atoms with Crippen LogP contribution < -0.4 is 16.6 Å². The number of para-hydroxylation sites is 1. The molecule has 0 saturated heterocycles. The zero-order valence-corrected chi connectivity index (χ0v) is 27.1. The number of alkyl carbamates (subject to hydrolysis) is 1. The van der Waals surface area contributed by atoms with E-state index in [1.165, 1.54) is 9.13 Å². The number of allylic oxidation sites excluding steroid dienone is 2. The second-order valence-corrected chi connectivity index (χ2v) is 13.5. The van der Waals surface area contributed by atoms with Crippen molar-refractivity contribution in [2.75, 3.05) is 0 Å². The Labute approximate surface area is 258 Å². The van der Waals surface area contributed by atoms with Crippen LogP contribution in [-0.2, 0) is 24.9 Å². The minimum absolute atomic E-state index is 0.0282. The second-order valence-electron chi connectivity index (χ2n) is 12.2. The molecule has 12 heteroatoms. The smallest absolute Gasteiger partial charge is 0.407 e. The number of nitrogens with zero attached hydrogens (tertiary/aromatic N) is 6. The van der Waals surface area contributed by atoms with E-state index in [0.717, 1.165) is 46.2 Å². The molecule has 1 saturated carbocycles. The Morgan fingerprint density at radius 2 is 1.88 bits per heavy atom. The SMILES string of the molecule is C/C(Br)=C\Cn1c(C2CCC[C@@H](NC(=O)OC(C)(C)C)C2)nc2c1c(=O)n(Cc1nc(C)c3ccccc3n1)c(=O)n2C. The van der Waals surface area contributed by atoms with E-state index < -0.39 is 22.9 Å². The molecule has 0 bridgehead atoms. The molecule has 4 aromatic rings. The fourth-order valence-electron chi connectivity index (χ4n) is 5.78. The lowest BCUT2D eigenvalue weighted by Crippen LogP contribution is -2.41. The van der Waals surface area contributed by atoms with Crippen molar-refractivity contribution in [2.24, 2.45) is 7.05 Å². The minimum Gasteiger partial charge on any atom is -0.444 e. The summed E-state index contributed by atoms with van der Waals surface area (Å²) < 4.78 is 10.9. The fraction of sp³-hybridized carbons (Fsp3) is 0.484. The van der Waals surface area contributed by atoms with Gasteiger partial charge in [0.2, 0.25) is 0 Å². The average Bonchev–Trinajstić information content (AvgIpc) is 3.32. The topological polar surface area (TPSA) is 126 Å². The highest BCUT2D eigenvalue weighted by atomic mass is 79.9. The number of fused-ring (bicyclic) bond motifs is 2. The van der Waals surface area contributed by atoms with Crippen LogP contribution in [0.2, 0.25) is 0 Å². The summed E-state index contributed by atoms with van der Waals surface area (Å²) in [7, 11) is 1.63. The molecule has 1 N–H and O–H groups in total. The molecule has 1 aliphatic rings. The molecule has 2 atom stereocenters. The normalized spacial score (nSPS) is 17.9. The van der Waals surface area contributed by atoms with E-state index in [9.17, 15) is 14.4 Å². The molecule has 0 radical (unpaired) electrons. The first kappa shape index (κ1) is 30.7. The lowest BCUT2D eigenvalue weighted by molar-refractivity contribution is 0.0489. The summed E-state index contributed by atoms with van der Waals surface area (Å²) in [6.45, 7) is 9.65. The monoisotopic (exact) mass is 651 g/mol. The zero-order valence-electron chi connectivity index (χ0n) is 25.5. The van der Waals surface area contributed by atoms with Crippen LogP contribution in [0.5, 0.6) is 0 Å². The molecular formula is C31H38BrN7O4. The maximum absolute atomic E-state index is 14.1. The molecule has 1 aromatic carbocycles. The summed E-state index contributed by atoms with van der Waals surface area (Å²) in [5.41, 5.74) is 0.709. The van der Waals surface area contributed by atoms with E-state index in [-0.39, 0.29) is 18.5 Å². The summed E-state index contributed by atoms with van der Waals surface area (Å²) in [5.74, 6) is 1.08. The predicted molar refractivity (Wildman–Crippen MR) is 170 cm³/mol. The van der Waals surface area contributed by atoms with Crippen LogP contribution >= 0.6 is 15.9 Å². The number of halogens is 1. The quantitative estimate of drug-likeness (QED) is 0.309. The van der Waals surface area contributed by atoms with Gasteiger partial charge < -0.3 is 14.6 Å². The molecule has 1 aliphatic carbocycles. The lowest BCUT2D eigenvalue weighted by Gasteiger charge is -2.30. The third-order valence-corrected chi connectivity index (χ3v) is 8.04. The van der Waals surface area contributed by atoms with Crippen LogP contribution in [0.25, 0.3) is 22.1 Å². The number of carbonyl (C=O) groups excluding carboxylic acids is 1. The molecule has 11 nitrogen and oxygen atoms in total. The highest BCUT2D eigenvalue weighted by Crippen LogP contribution is 2.34. The number of aryl methyl sites for hydroxylation is 2. The highest BCUT2D eigenvalue weighted by molar-refractivity contribution is 9.11. The van der Waals surface area contributed by atoms with Gasteiger partial charge in [-0.25, -0.2) is 24.5 Å². The molecule has 43 heavy (non-hydrogen) atoms. The van der Waals surface area contributed by atoms with Crippen LogP contribution in [0.4, 0.5) is 4.79 Å². The van der Waals surface area contributed by atoms with Crippen molar-refractivity contribution < 1.29 is 9.53 Å². The first-order valence-electron chi connectivity index (χ1n) is 14.6. The number of benzene rings is 1. The first-order chi connectivity index (χ1) is 20.3. The Morgan fingerprint density at radius 1 is 1.14 bits per heavy atom. The fourth-order valence-corrected chi connectivity index (χ4v) is 5.92. The van der Waals surface area contributed by atoms with Crippen molar-refractivity contribution in [3.63, 3.8) is 0 Å². The third kappa shape index (κ3) is 6.58. The molecule has 3 aromatic heterocycles. The molecule has 0 spiro atoms. The number of carbonyl (C=O) groups is 1. The van der Waals surface area contributed by atoms with Crippen molar-refractivity contribution in [3.8, 4) is 0 Å². The summed E-state index contributed by atoms with van der Waals surface area (Å²) >= 11 is 3.51. The summed E-state index contributed by atoms with van der Waals surface area (Å²) in [4.78, 5) is 54.3. The third-order valence-electron chi connectivity index (χ3n) is 7.72. The predicted octanol–water partition coefficient (Wildman–Crippen LogP) is 5.05. The van der Waals surface area contributed by atoms with Crippen molar-refractivity contribution >= 4 is 44.1 Å². The summed E-state index contributed by atoms with van der Waals surface area (Å²) in [6, 6.07) is 7.57. The molecule has 228 valence electrons. The van der Waals surface area contributed by atoms with E-state index in [1.807, 2.05) is 69.5 Å². The Bertz CT molecular complexity index is 1840. The van der Waals surface area contributed by atoms with Gasteiger partial charge in [0.05, 0.1) is 12.1 Å². The first-order valence-corrected chi connectivity index (χ1v) is 15.4. The van der Waals surface area contributed by atoms with Gasteiger partial charge in [0.1, 0.15) is 17.2 Å². The molecule has 3 heterocycles. The molecular weight excluding hydrogens is 614 g/mol. The van der Waals surface area contributed by atoms with E-state index in [2.05, 4.69) is 31.2 Å². The van der Waals surface area contributed by atoms with Crippen LogP contribution in [0, 0.1) is 6.92 Å². The van der Waals surface area contributed by atoms with Gasteiger partial charge in [-0.1, -0.05) is 46.6 Å². The van der Waals surface area contributed by atoms with E-state index in [0.29, 0.717) is 30.0 Å². The van der Waals surface area contributed by atoms with Crippen molar-refractivity contribution in [3.05, 3.63) is 73.0 Å². The number of ether oxygens (including phenoxy) is 1.